The number of likely N-dealkylation sites (tertiary alicyclic amines) is 1. The van der Waals surface area contributed by atoms with E-state index in [0.717, 1.165) is 16.8 Å². The van der Waals surface area contributed by atoms with Gasteiger partial charge < -0.3 is 19.9 Å². The molecule has 2 N–H and O–H groups in total. The molecule has 0 radical (unpaired) electrons. The molecule has 7 heteroatoms. The minimum Gasteiger partial charge on any atom is -0.364 e. The Morgan fingerprint density at radius 3 is 2.58 bits per heavy atom. The van der Waals surface area contributed by atoms with Gasteiger partial charge in [0.05, 0.1) is 5.54 Å². The van der Waals surface area contributed by atoms with Gasteiger partial charge in [0, 0.05) is 24.3 Å². The Labute approximate surface area is 180 Å². The normalized spacial score (nSPS) is 23.2. The van der Waals surface area contributed by atoms with Crippen molar-refractivity contribution in [3.8, 4) is 11.4 Å². The first kappa shape index (κ1) is 19.5. The van der Waals surface area contributed by atoms with Crippen molar-refractivity contribution in [1.29, 1.82) is 0 Å². The largest absolute Gasteiger partial charge is 0.364 e. The van der Waals surface area contributed by atoms with Gasteiger partial charge in [-0.05, 0) is 18.9 Å². The number of morpholine rings is 1. The maximum atomic E-state index is 13.3. The molecule has 0 saturated carbocycles. The molecular formula is C24H24N4O3. The number of fused-ring (bicyclic) bond motifs is 1. The zero-order chi connectivity index (χ0) is 21.4. The van der Waals surface area contributed by atoms with Crippen molar-refractivity contribution < 1.29 is 14.3 Å². The van der Waals surface area contributed by atoms with Crippen LogP contribution in [0.15, 0.2) is 60.7 Å². The van der Waals surface area contributed by atoms with E-state index in [4.69, 9.17) is 4.74 Å². The highest BCUT2D eigenvalue weighted by atomic mass is 16.5. The molecule has 0 unspecified atom stereocenters. The average Bonchev–Trinajstić information content (AvgIpc) is 3.21. The summed E-state index contributed by atoms with van der Waals surface area (Å²) in [4.78, 5) is 35.1. The van der Waals surface area contributed by atoms with Gasteiger partial charge in [-0.2, -0.15) is 0 Å². The first-order valence-corrected chi connectivity index (χ1v) is 10.5. The summed E-state index contributed by atoms with van der Waals surface area (Å²) in [6.45, 7) is 2.75. The number of aromatic nitrogens is 2. The summed E-state index contributed by atoms with van der Waals surface area (Å²) in [6.07, 6.45) is 0.256. The monoisotopic (exact) mass is 416 g/mol. The second-order valence-corrected chi connectivity index (χ2v) is 8.11. The van der Waals surface area contributed by atoms with Crippen LogP contribution in [0.1, 0.15) is 28.2 Å². The zero-order valence-electron chi connectivity index (χ0n) is 17.3. The molecule has 158 valence electrons. The van der Waals surface area contributed by atoms with Gasteiger partial charge in [0.25, 0.3) is 5.91 Å². The number of hydrogen-bond donors (Lipinski definition) is 2. The predicted molar refractivity (Wildman–Crippen MR) is 115 cm³/mol. The van der Waals surface area contributed by atoms with Gasteiger partial charge in [-0.25, -0.2) is 4.98 Å². The number of aromatic amines is 1. The van der Waals surface area contributed by atoms with Crippen LogP contribution in [0.25, 0.3) is 11.4 Å². The number of aryl methyl sites for hydroxylation is 1. The molecule has 2 fully saturated rings. The van der Waals surface area contributed by atoms with Gasteiger partial charge in [0.15, 0.2) is 0 Å². The number of nitrogens with one attached hydrogen (secondary N) is 2. The summed E-state index contributed by atoms with van der Waals surface area (Å²) in [5.74, 6) is 0.423. The fraction of sp³-hybridized carbons (Fsp3) is 0.292. The van der Waals surface area contributed by atoms with Crippen LogP contribution in [0, 0.1) is 6.92 Å². The van der Waals surface area contributed by atoms with Crippen LogP contribution >= 0.6 is 0 Å². The van der Waals surface area contributed by atoms with Crippen LogP contribution in [-0.2, 0) is 15.1 Å². The van der Waals surface area contributed by atoms with Gasteiger partial charge in [0.2, 0.25) is 5.91 Å². The van der Waals surface area contributed by atoms with Crippen LogP contribution in [0.3, 0.4) is 0 Å². The first-order chi connectivity index (χ1) is 15.1. The van der Waals surface area contributed by atoms with E-state index in [1.807, 2.05) is 67.6 Å². The Kier molecular flexibility index (Phi) is 4.82. The van der Waals surface area contributed by atoms with Crippen LogP contribution in [-0.4, -0.2) is 52.5 Å². The summed E-state index contributed by atoms with van der Waals surface area (Å²) in [7, 11) is 0. The third kappa shape index (κ3) is 3.41. The molecule has 2 atom stereocenters. The van der Waals surface area contributed by atoms with E-state index in [1.165, 1.54) is 0 Å². The van der Waals surface area contributed by atoms with Crippen molar-refractivity contribution in [2.75, 3.05) is 19.7 Å². The zero-order valence-corrected chi connectivity index (χ0v) is 17.3. The number of rotatable bonds is 3. The highest BCUT2D eigenvalue weighted by Gasteiger charge is 2.50. The molecular weight excluding hydrogens is 392 g/mol. The van der Waals surface area contributed by atoms with Crippen molar-refractivity contribution in [2.45, 2.75) is 25.0 Å². The van der Waals surface area contributed by atoms with Crippen LogP contribution in [0.4, 0.5) is 0 Å². The summed E-state index contributed by atoms with van der Waals surface area (Å²) < 4.78 is 5.94. The van der Waals surface area contributed by atoms with E-state index >= 15 is 0 Å². The summed E-state index contributed by atoms with van der Waals surface area (Å²) in [5, 5.41) is 3.16. The van der Waals surface area contributed by atoms with E-state index in [9.17, 15) is 9.59 Å². The lowest BCUT2D eigenvalue weighted by atomic mass is 9.77. The third-order valence-corrected chi connectivity index (χ3v) is 6.20. The van der Waals surface area contributed by atoms with Gasteiger partial charge in [-0.15, -0.1) is 0 Å². The van der Waals surface area contributed by atoms with Gasteiger partial charge in [-0.1, -0.05) is 60.7 Å². The maximum Gasteiger partial charge on any atom is 0.274 e. The van der Waals surface area contributed by atoms with Crippen LogP contribution < -0.4 is 5.32 Å². The first-order valence-electron chi connectivity index (χ1n) is 10.5. The molecule has 0 bridgehead atoms. The van der Waals surface area contributed by atoms with E-state index in [1.54, 1.807) is 4.90 Å². The highest BCUT2D eigenvalue weighted by molar-refractivity contribution is 5.94. The fourth-order valence-electron chi connectivity index (χ4n) is 4.59. The number of nitrogens with zero attached hydrogens (tertiary/aromatic N) is 2. The molecule has 2 amide bonds. The topological polar surface area (TPSA) is 87.3 Å². The molecule has 2 aromatic carbocycles. The van der Waals surface area contributed by atoms with E-state index in [2.05, 4.69) is 15.3 Å². The lowest BCUT2D eigenvalue weighted by Crippen LogP contribution is -2.67. The SMILES string of the molecule is Cc1[nH]c(-c2ccccc2)nc1C(=O)N1CC[C@@]2(c3ccccc3)NC(=O)CO[C@@H]2C1. The smallest absolute Gasteiger partial charge is 0.274 e. The molecule has 5 rings (SSSR count). The molecule has 31 heavy (non-hydrogen) atoms. The molecule has 1 aromatic heterocycles. The summed E-state index contributed by atoms with van der Waals surface area (Å²) >= 11 is 0. The van der Waals surface area contributed by atoms with Crippen LogP contribution in [0.2, 0.25) is 0 Å². The van der Waals surface area contributed by atoms with E-state index < -0.39 is 5.54 Å². The third-order valence-electron chi connectivity index (χ3n) is 6.20. The maximum absolute atomic E-state index is 13.3. The number of amides is 2. The number of benzene rings is 2. The van der Waals surface area contributed by atoms with Crippen molar-refractivity contribution >= 4 is 11.8 Å². The Bertz CT molecular complexity index is 1110. The number of hydrogen-bond acceptors (Lipinski definition) is 4. The predicted octanol–water partition coefficient (Wildman–Crippen LogP) is 2.64. The standard InChI is InChI=1S/C24H24N4O3/c1-16-21(26-22(25-16)17-8-4-2-5-9-17)23(30)28-13-12-24(18-10-6-3-7-11-18)19(14-28)31-15-20(29)27-24/h2-11,19H,12-15H2,1H3,(H,25,26)(H,27,29)/t19-,24+/m1/s1. The van der Waals surface area contributed by atoms with E-state index in [0.29, 0.717) is 31.0 Å². The Balaban J connectivity index is 1.41. The minimum atomic E-state index is -0.622. The molecule has 3 heterocycles. The van der Waals surface area contributed by atoms with Crippen molar-refractivity contribution in [3.63, 3.8) is 0 Å². The van der Waals surface area contributed by atoms with Gasteiger partial charge in [0.1, 0.15) is 24.2 Å². The Hall–Kier alpha value is -3.45. The molecule has 2 saturated heterocycles. The number of carbonyl (C=O) groups excluding carboxylic acids is 2. The van der Waals surface area contributed by atoms with Crippen LogP contribution in [0.5, 0.6) is 0 Å². The van der Waals surface area contributed by atoms with Gasteiger partial charge >= 0.3 is 0 Å². The van der Waals surface area contributed by atoms with Gasteiger partial charge in [-0.3, -0.25) is 9.59 Å². The molecule has 0 spiro atoms. The van der Waals surface area contributed by atoms with E-state index in [-0.39, 0.29) is 24.5 Å². The minimum absolute atomic E-state index is 0.000862. The molecule has 2 aliphatic heterocycles. The summed E-state index contributed by atoms with van der Waals surface area (Å²) in [6, 6.07) is 19.6. The van der Waals surface area contributed by atoms with Crippen molar-refractivity contribution in [1.82, 2.24) is 20.2 Å². The van der Waals surface area contributed by atoms with Crippen molar-refractivity contribution in [3.05, 3.63) is 77.6 Å². The molecule has 2 aliphatic rings. The molecule has 3 aromatic rings. The second-order valence-electron chi connectivity index (χ2n) is 8.11. The number of H-pyrrole nitrogens is 1. The lowest BCUT2D eigenvalue weighted by molar-refractivity contribution is -0.150. The lowest BCUT2D eigenvalue weighted by Gasteiger charge is -2.50. The molecule has 7 nitrogen and oxygen atoms in total. The number of imidazole rings is 1. The Morgan fingerprint density at radius 1 is 1.13 bits per heavy atom. The number of piperidine rings is 1. The van der Waals surface area contributed by atoms with Crippen molar-refractivity contribution in [2.24, 2.45) is 0 Å². The Morgan fingerprint density at radius 2 is 1.84 bits per heavy atom. The number of carbonyl (C=O) groups is 2. The summed E-state index contributed by atoms with van der Waals surface area (Å²) in [5.41, 5.74) is 2.48. The second kappa shape index (κ2) is 7.67. The highest BCUT2D eigenvalue weighted by Crippen LogP contribution is 2.37. The quantitative estimate of drug-likeness (QED) is 0.687. The number of ether oxygens (including phenoxy) is 1. The molecule has 0 aliphatic carbocycles. The average molecular weight is 416 g/mol. The fourth-order valence-corrected chi connectivity index (χ4v) is 4.59.